The molecule has 4 nitrogen and oxygen atoms in total. The molecular formula is C11H22F3NO3S. The lowest BCUT2D eigenvalue weighted by Crippen LogP contribution is -2.40. The van der Waals surface area contributed by atoms with Crippen molar-refractivity contribution in [3.05, 3.63) is 0 Å². The van der Waals surface area contributed by atoms with E-state index in [-0.39, 0.29) is 13.2 Å². The molecule has 0 aliphatic heterocycles. The maximum Gasteiger partial charge on any atom is 0.389 e. The van der Waals surface area contributed by atoms with E-state index in [4.69, 9.17) is 0 Å². The topological polar surface area (TPSA) is 66.4 Å². The Morgan fingerprint density at radius 2 is 1.68 bits per heavy atom. The summed E-state index contributed by atoms with van der Waals surface area (Å²) < 4.78 is 61.1. The molecule has 0 aromatic rings. The van der Waals surface area contributed by atoms with Gasteiger partial charge in [0.25, 0.3) is 0 Å². The number of aliphatic hydroxyl groups is 1. The van der Waals surface area contributed by atoms with Gasteiger partial charge in [-0.2, -0.15) is 13.2 Å². The van der Waals surface area contributed by atoms with Gasteiger partial charge in [-0.25, -0.2) is 13.1 Å². The fraction of sp³-hybridized carbons (Fsp3) is 1.00. The average molecular weight is 305 g/mol. The normalized spacial score (nSPS) is 13.8. The minimum Gasteiger partial charge on any atom is -0.396 e. The van der Waals surface area contributed by atoms with Gasteiger partial charge in [-0.1, -0.05) is 13.8 Å². The van der Waals surface area contributed by atoms with Crippen LogP contribution in [0.1, 0.15) is 39.5 Å². The third-order valence-electron chi connectivity index (χ3n) is 3.38. The quantitative estimate of drug-likeness (QED) is 0.685. The highest BCUT2D eigenvalue weighted by Gasteiger charge is 2.29. The number of nitrogens with one attached hydrogen (secondary N) is 1. The van der Waals surface area contributed by atoms with Crippen molar-refractivity contribution < 1.29 is 26.7 Å². The molecule has 0 spiro atoms. The Kier molecular flexibility index (Phi) is 7.31. The van der Waals surface area contributed by atoms with Crippen LogP contribution in [0.3, 0.4) is 0 Å². The van der Waals surface area contributed by atoms with E-state index in [2.05, 4.69) is 4.72 Å². The van der Waals surface area contributed by atoms with Gasteiger partial charge in [-0.05, 0) is 19.3 Å². The lowest BCUT2D eigenvalue weighted by atomic mass is 9.84. The number of halogens is 3. The molecule has 0 aliphatic rings. The van der Waals surface area contributed by atoms with Crippen LogP contribution in [-0.2, 0) is 10.0 Å². The second kappa shape index (κ2) is 7.44. The zero-order valence-electron chi connectivity index (χ0n) is 11.3. The number of alkyl halides is 3. The highest BCUT2D eigenvalue weighted by Crippen LogP contribution is 2.25. The number of aliphatic hydroxyl groups excluding tert-OH is 1. The predicted molar refractivity (Wildman–Crippen MR) is 67.2 cm³/mol. The highest BCUT2D eigenvalue weighted by atomic mass is 32.2. The third-order valence-corrected chi connectivity index (χ3v) is 4.79. The summed E-state index contributed by atoms with van der Waals surface area (Å²) in [5, 5.41) is 9.27. The summed E-state index contributed by atoms with van der Waals surface area (Å²) >= 11 is 0. The molecule has 0 rings (SSSR count). The molecule has 116 valence electrons. The van der Waals surface area contributed by atoms with Gasteiger partial charge in [0, 0.05) is 25.0 Å². The fourth-order valence-corrected chi connectivity index (χ4v) is 2.77. The van der Waals surface area contributed by atoms with Crippen molar-refractivity contribution in [2.45, 2.75) is 45.7 Å². The first-order chi connectivity index (χ1) is 8.60. The first-order valence-corrected chi connectivity index (χ1v) is 7.90. The lowest BCUT2D eigenvalue weighted by Gasteiger charge is -2.29. The van der Waals surface area contributed by atoms with Gasteiger partial charge in [0.05, 0.1) is 5.75 Å². The van der Waals surface area contributed by atoms with E-state index in [1.165, 1.54) is 0 Å². The zero-order valence-corrected chi connectivity index (χ0v) is 12.1. The van der Waals surface area contributed by atoms with E-state index >= 15 is 0 Å². The molecule has 0 saturated heterocycles. The molecule has 0 aromatic carbocycles. The SMILES string of the molecule is CCC(CC)(CO)CNS(=O)(=O)CCCC(F)(F)F. The molecule has 0 heterocycles. The Balaban J connectivity index is 4.31. The van der Waals surface area contributed by atoms with E-state index in [0.29, 0.717) is 12.8 Å². The van der Waals surface area contributed by atoms with E-state index < -0.39 is 40.2 Å². The predicted octanol–water partition coefficient (Wildman–Crippen LogP) is 2.05. The van der Waals surface area contributed by atoms with Crippen LogP contribution in [0.5, 0.6) is 0 Å². The van der Waals surface area contributed by atoms with Crippen molar-refractivity contribution in [3.8, 4) is 0 Å². The molecule has 8 heteroatoms. The molecule has 0 amide bonds. The van der Waals surface area contributed by atoms with Crippen LogP contribution in [0.25, 0.3) is 0 Å². The van der Waals surface area contributed by atoms with Crippen molar-refractivity contribution in [3.63, 3.8) is 0 Å². The van der Waals surface area contributed by atoms with Crippen LogP contribution >= 0.6 is 0 Å². The summed E-state index contributed by atoms with van der Waals surface area (Å²) in [7, 11) is -3.73. The van der Waals surface area contributed by atoms with Gasteiger partial charge in [0.2, 0.25) is 10.0 Å². The summed E-state index contributed by atoms with van der Waals surface area (Å²) in [5.41, 5.74) is -0.545. The molecule has 0 fully saturated rings. The van der Waals surface area contributed by atoms with E-state index in [9.17, 15) is 26.7 Å². The Hall–Kier alpha value is -0.340. The average Bonchev–Trinajstić information content (AvgIpc) is 2.29. The van der Waals surface area contributed by atoms with Crippen molar-refractivity contribution in [2.24, 2.45) is 5.41 Å². The Labute approximate surface area is 112 Å². The lowest BCUT2D eigenvalue weighted by molar-refractivity contribution is -0.134. The first-order valence-electron chi connectivity index (χ1n) is 6.24. The van der Waals surface area contributed by atoms with Gasteiger partial charge in [-0.15, -0.1) is 0 Å². The second-order valence-corrected chi connectivity index (χ2v) is 6.65. The Morgan fingerprint density at radius 1 is 1.16 bits per heavy atom. The number of hydrogen-bond donors (Lipinski definition) is 2. The van der Waals surface area contributed by atoms with Crippen molar-refractivity contribution >= 4 is 10.0 Å². The zero-order chi connectivity index (χ0) is 15.2. The Morgan fingerprint density at radius 3 is 2.05 bits per heavy atom. The molecule has 19 heavy (non-hydrogen) atoms. The molecular weight excluding hydrogens is 283 g/mol. The van der Waals surface area contributed by atoms with Crippen LogP contribution in [0, 0.1) is 5.41 Å². The fourth-order valence-electron chi connectivity index (χ4n) is 1.58. The van der Waals surface area contributed by atoms with Gasteiger partial charge in [0.1, 0.15) is 0 Å². The van der Waals surface area contributed by atoms with E-state index in [1.54, 1.807) is 0 Å². The van der Waals surface area contributed by atoms with Gasteiger partial charge >= 0.3 is 6.18 Å². The maximum atomic E-state index is 11.9. The summed E-state index contributed by atoms with van der Waals surface area (Å²) in [5.74, 6) is -0.554. The van der Waals surface area contributed by atoms with Crippen LogP contribution < -0.4 is 4.72 Å². The minimum absolute atomic E-state index is 0.0465. The smallest absolute Gasteiger partial charge is 0.389 e. The monoisotopic (exact) mass is 305 g/mol. The van der Waals surface area contributed by atoms with Crippen LogP contribution in [0.4, 0.5) is 13.2 Å². The minimum atomic E-state index is -4.34. The van der Waals surface area contributed by atoms with Crippen LogP contribution in [-0.4, -0.2) is 38.6 Å². The van der Waals surface area contributed by atoms with E-state index in [1.807, 2.05) is 13.8 Å². The molecule has 0 atom stereocenters. The standard InChI is InChI=1S/C11H22F3NO3S/c1-3-10(4-2,9-16)8-15-19(17,18)7-5-6-11(12,13)14/h15-16H,3-9H2,1-2H3. The molecule has 0 aliphatic carbocycles. The first kappa shape index (κ1) is 18.7. The largest absolute Gasteiger partial charge is 0.396 e. The third kappa shape index (κ3) is 7.74. The molecule has 0 unspecified atom stereocenters. The second-order valence-electron chi connectivity index (χ2n) is 4.72. The molecule has 0 aromatic heterocycles. The molecule has 2 N–H and O–H groups in total. The number of rotatable bonds is 9. The maximum absolute atomic E-state index is 11.9. The number of sulfonamides is 1. The summed E-state index contributed by atoms with van der Waals surface area (Å²) in [6, 6.07) is 0. The Bertz CT molecular complexity index is 342. The molecule has 0 bridgehead atoms. The van der Waals surface area contributed by atoms with Gasteiger partial charge < -0.3 is 5.11 Å². The van der Waals surface area contributed by atoms with Crippen molar-refractivity contribution in [2.75, 3.05) is 18.9 Å². The van der Waals surface area contributed by atoms with Crippen molar-refractivity contribution in [1.29, 1.82) is 0 Å². The highest BCUT2D eigenvalue weighted by molar-refractivity contribution is 7.89. The summed E-state index contributed by atoms with van der Waals surface area (Å²) in [6.07, 6.45) is -4.73. The van der Waals surface area contributed by atoms with E-state index in [0.717, 1.165) is 0 Å². The van der Waals surface area contributed by atoms with Crippen molar-refractivity contribution in [1.82, 2.24) is 4.72 Å². The molecule has 0 saturated carbocycles. The number of hydrogen-bond acceptors (Lipinski definition) is 3. The van der Waals surface area contributed by atoms with Gasteiger partial charge in [0.15, 0.2) is 0 Å². The van der Waals surface area contributed by atoms with Crippen LogP contribution in [0.2, 0.25) is 0 Å². The van der Waals surface area contributed by atoms with Crippen LogP contribution in [0.15, 0.2) is 0 Å². The summed E-state index contributed by atoms with van der Waals surface area (Å²) in [6.45, 7) is 3.55. The molecule has 0 radical (unpaired) electrons. The summed E-state index contributed by atoms with van der Waals surface area (Å²) in [4.78, 5) is 0. The van der Waals surface area contributed by atoms with Gasteiger partial charge in [-0.3, -0.25) is 0 Å².